The molecule has 0 atom stereocenters. The van der Waals surface area contributed by atoms with Crippen LogP contribution in [0.2, 0.25) is 0 Å². The van der Waals surface area contributed by atoms with E-state index in [1.807, 2.05) is 0 Å². The van der Waals surface area contributed by atoms with Crippen LogP contribution in [0.4, 0.5) is 4.39 Å². The normalized spacial score (nSPS) is 10.6. The topological polar surface area (TPSA) is 83.0 Å². The summed E-state index contributed by atoms with van der Waals surface area (Å²) in [6, 6.07) is 4.22. The second-order valence-electron chi connectivity index (χ2n) is 4.18. The number of carbonyl (C=O) groups is 1. The molecule has 0 bridgehead atoms. The van der Waals surface area contributed by atoms with Gasteiger partial charge >= 0.3 is 5.97 Å². The third-order valence-electron chi connectivity index (χ3n) is 2.74. The number of rotatable bonds is 3. The Kier molecular flexibility index (Phi) is 3.99. The number of hydrogen-bond acceptors (Lipinski definition) is 3. The summed E-state index contributed by atoms with van der Waals surface area (Å²) < 4.78 is 13.4. The lowest BCUT2D eigenvalue weighted by atomic mass is 10.1. The molecule has 5 nitrogen and oxygen atoms in total. The minimum atomic E-state index is -1.10. The summed E-state index contributed by atoms with van der Waals surface area (Å²) in [5.74, 6) is -1.25. The van der Waals surface area contributed by atoms with E-state index in [0.717, 1.165) is 0 Å². The van der Waals surface area contributed by atoms with E-state index in [1.54, 1.807) is 6.92 Å². The molecule has 0 spiro atoms. The van der Waals surface area contributed by atoms with Crippen molar-refractivity contribution in [1.29, 1.82) is 0 Å². The fourth-order valence-corrected chi connectivity index (χ4v) is 2.13. The first-order valence-electron chi connectivity index (χ1n) is 5.65. The zero-order chi connectivity index (χ0) is 14.9. The smallest absolute Gasteiger partial charge is 0.308 e. The van der Waals surface area contributed by atoms with Crippen molar-refractivity contribution in [3.8, 4) is 11.4 Å². The van der Waals surface area contributed by atoms with Gasteiger partial charge in [0.05, 0.1) is 10.9 Å². The molecule has 104 valence electrons. The number of halogens is 2. The first-order valence-corrected chi connectivity index (χ1v) is 6.45. The highest BCUT2D eigenvalue weighted by Crippen LogP contribution is 2.22. The van der Waals surface area contributed by atoms with E-state index in [9.17, 15) is 14.0 Å². The van der Waals surface area contributed by atoms with Gasteiger partial charge in [0.2, 0.25) is 0 Å². The zero-order valence-electron chi connectivity index (χ0n) is 10.4. The van der Waals surface area contributed by atoms with Crippen LogP contribution >= 0.6 is 15.9 Å². The van der Waals surface area contributed by atoms with Crippen molar-refractivity contribution in [3.63, 3.8) is 0 Å². The molecule has 0 saturated heterocycles. The van der Waals surface area contributed by atoms with Gasteiger partial charge in [0.1, 0.15) is 11.6 Å². The van der Waals surface area contributed by atoms with Crippen LogP contribution in [0.1, 0.15) is 11.3 Å². The summed E-state index contributed by atoms with van der Waals surface area (Å²) >= 11 is 3.06. The lowest BCUT2D eigenvalue weighted by molar-refractivity contribution is -0.136. The summed E-state index contributed by atoms with van der Waals surface area (Å²) in [5, 5.41) is 8.74. The third-order valence-corrected chi connectivity index (χ3v) is 3.35. The van der Waals surface area contributed by atoms with Crippen molar-refractivity contribution in [2.24, 2.45) is 0 Å². The molecule has 0 unspecified atom stereocenters. The minimum Gasteiger partial charge on any atom is -0.481 e. The first kappa shape index (κ1) is 14.4. The number of aromatic nitrogens is 2. The molecule has 1 aromatic heterocycles. The number of benzene rings is 1. The fourth-order valence-electron chi connectivity index (χ4n) is 1.75. The standard InChI is InChI=1S/C13H10BrFN2O3/c1-6-8(5-11(18)19)13(20)17-12(16-6)7-2-3-10(15)9(14)4-7/h2-4H,5H2,1H3,(H,18,19)(H,16,17,20). The molecule has 2 N–H and O–H groups in total. The van der Waals surface area contributed by atoms with E-state index in [4.69, 9.17) is 5.11 Å². The van der Waals surface area contributed by atoms with Crippen LogP contribution < -0.4 is 5.56 Å². The number of carboxylic acid groups (broad SMARTS) is 1. The Morgan fingerprint density at radius 2 is 2.20 bits per heavy atom. The monoisotopic (exact) mass is 340 g/mol. The van der Waals surface area contributed by atoms with Crippen LogP contribution in [0.25, 0.3) is 11.4 Å². The molecule has 0 radical (unpaired) electrons. The Bertz CT molecular complexity index is 743. The second-order valence-corrected chi connectivity index (χ2v) is 5.03. The van der Waals surface area contributed by atoms with Crippen molar-refractivity contribution >= 4 is 21.9 Å². The molecule has 0 saturated carbocycles. The van der Waals surface area contributed by atoms with Crippen LogP contribution in [-0.4, -0.2) is 21.0 Å². The fraction of sp³-hybridized carbons (Fsp3) is 0.154. The predicted octanol–water partition coefficient (Wildman–Crippen LogP) is 2.27. The molecule has 1 aromatic carbocycles. The van der Waals surface area contributed by atoms with Gasteiger partial charge in [-0.3, -0.25) is 9.59 Å². The van der Waals surface area contributed by atoms with E-state index < -0.39 is 17.3 Å². The van der Waals surface area contributed by atoms with E-state index in [0.29, 0.717) is 11.3 Å². The van der Waals surface area contributed by atoms with Crippen molar-refractivity contribution < 1.29 is 14.3 Å². The minimum absolute atomic E-state index is 0.113. The summed E-state index contributed by atoms with van der Waals surface area (Å²) in [4.78, 5) is 29.2. The Balaban J connectivity index is 2.52. The molecule has 0 fully saturated rings. The summed E-state index contributed by atoms with van der Waals surface area (Å²) in [6.45, 7) is 1.57. The molecule has 0 aliphatic carbocycles. The Morgan fingerprint density at radius 1 is 1.50 bits per heavy atom. The summed E-state index contributed by atoms with van der Waals surface area (Å²) in [7, 11) is 0. The molecule has 0 aliphatic rings. The number of H-pyrrole nitrogens is 1. The number of carboxylic acids is 1. The molecule has 20 heavy (non-hydrogen) atoms. The van der Waals surface area contributed by atoms with Gasteiger partial charge in [0, 0.05) is 16.8 Å². The van der Waals surface area contributed by atoms with Crippen LogP contribution in [0, 0.1) is 12.7 Å². The summed E-state index contributed by atoms with van der Waals surface area (Å²) in [5.41, 5.74) is 0.477. The number of nitrogens with one attached hydrogen (secondary N) is 1. The van der Waals surface area contributed by atoms with Gasteiger partial charge in [-0.05, 0) is 41.1 Å². The first-order chi connectivity index (χ1) is 9.38. The molecular formula is C13H10BrFN2O3. The maximum atomic E-state index is 13.2. The van der Waals surface area contributed by atoms with Gasteiger partial charge in [-0.15, -0.1) is 0 Å². The predicted molar refractivity (Wildman–Crippen MR) is 74.0 cm³/mol. The summed E-state index contributed by atoms with van der Waals surface area (Å²) in [6.07, 6.45) is -0.387. The number of hydrogen-bond donors (Lipinski definition) is 2. The molecule has 2 aromatic rings. The Labute approximate surface area is 121 Å². The molecule has 2 rings (SSSR count). The largest absolute Gasteiger partial charge is 0.481 e. The van der Waals surface area contributed by atoms with Crippen molar-refractivity contribution in [1.82, 2.24) is 9.97 Å². The lowest BCUT2D eigenvalue weighted by Gasteiger charge is -2.06. The quantitative estimate of drug-likeness (QED) is 0.897. The molecule has 1 heterocycles. The Hall–Kier alpha value is -2.02. The number of nitrogens with zero attached hydrogens (tertiary/aromatic N) is 1. The van der Waals surface area contributed by atoms with Crippen LogP contribution in [-0.2, 0) is 11.2 Å². The number of aryl methyl sites for hydroxylation is 1. The van der Waals surface area contributed by atoms with E-state index in [1.165, 1.54) is 18.2 Å². The average Bonchev–Trinajstić information content (AvgIpc) is 2.36. The number of aliphatic carboxylic acids is 1. The van der Waals surface area contributed by atoms with Gasteiger partial charge in [0.15, 0.2) is 0 Å². The highest BCUT2D eigenvalue weighted by Gasteiger charge is 2.13. The molecule has 0 aliphatic heterocycles. The number of aromatic amines is 1. The van der Waals surface area contributed by atoms with Gasteiger partial charge in [-0.25, -0.2) is 9.37 Å². The maximum absolute atomic E-state index is 13.2. The highest BCUT2D eigenvalue weighted by atomic mass is 79.9. The van der Waals surface area contributed by atoms with E-state index in [2.05, 4.69) is 25.9 Å². The van der Waals surface area contributed by atoms with Gasteiger partial charge in [0.25, 0.3) is 5.56 Å². The van der Waals surface area contributed by atoms with Crippen LogP contribution in [0.15, 0.2) is 27.5 Å². The van der Waals surface area contributed by atoms with Gasteiger partial charge < -0.3 is 10.1 Å². The van der Waals surface area contributed by atoms with Crippen molar-refractivity contribution in [3.05, 3.63) is 50.1 Å². The highest BCUT2D eigenvalue weighted by molar-refractivity contribution is 9.10. The zero-order valence-corrected chi connectivity index (χ0v) is 12.0. The molecule has 0 amide bonds. The second kappa shape index (κ2) is 5.54. The van der Waals surface area contributed by atoms with Crippen molar-refractivity contribution in [2.45, 2.75) is 13.3 Å². The molecule has 7 heteroatoms. The molecular weight excluding hydrogens is 331 g/mol. The van der Waals surface area contributed by atoms with Crippen LogP contribution in [0.5, 0.6) is 0 Å². The SMILES string of the molecule is Cc1nc(-c2ccc(F)c(Br)c2)[nH]c(=O)c1CC(=O)O. The third kappa shape index (κ3) is 2.93. The van der Waals surface area contributed by atoms with Gasteiger partial charge in [-0.1, -0.05) is 0 Å². The van der Waals surface area contributed by atoms with Crippen LogP contribution in [0.3, 0.4) is 0 Å². The maximum Gasteiger partial charge on any atom is 0.308 e. The average molecular weight is 341 g/mol. The van der Waals surface area contributed by atoms with E-state index >= 15 is 0 Å². The van der Waals surface area contributed by atoms with Gasteiger partial charge in [-0.2, -0.15) is 0 Å². The lowest BCUT2D eigenvalue weighted by Crippen LogP contribution is -2.20. The Morgan fingerprint density at radius 3 is 2.75 bits per heavy atom. The van der Waals surface area contributed by atoms with E-state index in [-0.39, 0.29) is 22.3 Å². The van der Waals surface area contributed by atoms with Crippen molar-refractivity contribution in [2.75, 3.05) is 0 Å².